The molecule has 0 aliphatic rings. The monoisotopic (exact) mass is 287 g/mol. The van der Waals surface area contributed by atoms with Gasteiger partial charge in [0, 0.05) is 12.1 Å². The second kappa shape index (κ2) is 7.23. The van der Waals surface area contributed by atoms with Crippen LogP contribution in [0, 0.1) is 12.7 Å². The number of hydrogen-bond acceptors (Lipinski definition) is 2. The van der Waals surface area contributed by atoms with Gasteiger partial charge in [0.1, 0.15) is 11.6 Å². The molecule has 0 unspecified atom stereocenters. The maximum atomic E-state index is 13.6. The molecule has 0 atom stereocenters. The lowest BCUT2D eigenvalue weighted by molar-refractivity contribution is 0.415. The van der Waals surface area contributed by atoms with Gasteiger partial charge in [-0.25, -0.2) is 4.39 Å². The van der Waals surface area contributed by atoms with Crippen LogP contribution < -0.4 is 10.1 Å². The van der Waals surface area contributed by atoms with Crippen LogP contribution >= 0.6 is 0 Å². The average molecular weight is 287 g/mol. The van der Waals surface area contributed by atoms with E-state index in [4.69, 9.17) is 4.74 Å². The normalized spacial score (nSPS) is 10.7. The predicted octanol–water partition coefficient (Wildman–Crippen LogP) is 4.31. The molecule has 0 saturated carbocycles. The van der Waals surface area contributed by atoms with Crippen LogP contribution in [0.15, 0.2) is 36.4 Å². The number of rotatable bonds is 6. The first-order valence-corrected chi connectivity index (χ1v) is 7.30. The van der Waals surface area contributed by atoms with E-state index in [1.54, 1.807) is 13.2 Å². The summed E-state index contributed by atoms with van der Waals surface area (Å²) in [6.07, 6.45) is 1.09. The maximum absolute atomic E-state index is 13.6. The third-order valence-corrected chi connectivity index (χ3v) is 3.46. The van der Waals surface area contributed by atoms with Crippen LogP contribution in [-0.4, -0.2) is 13.7 Å². The predicted molar refractivity (Wildman–Crippen MR) is 85.1 cm³/mol. The van der Waals surface area contributed by atoms with Gasteiger partial charge >= 0.3 is 0 Å². The smallest absolute Gasteiger partial charge is 0.126 e. The van der Waals surface area contributed by atoms with Gasteiger partial charge in [0.05, 0.1) is 7.11 Å². The summed E-state index contributed by atoms with van der Waals surface area (Å²) in [6.45, 7) is 5.91. The minimum Gasteiger partial charge on any atom is -0.496 e. The molecule has 21 heavy (non-hydrogen) atoms. The van der Waals surface area contributed by atoms with Crippen molar-refractivity contribution in [2.45, 2.75) is 26.8 Å². The van der Waals surface area contributed by atoms with Crippen molar-refractivity contribution in [2.75, 3.05) is 13.7 Å². The highest BCUT2D eigenvalue weighted by atomic mass is 19.1. The van der Waals surface area contributed by atoms with Gasteiger partial charge in [0.25, 0.3) is 0 Å². The highest BCUT2D eigenvalue weighted by Crippen LogP contribution is 2.33. The van der Waals surface area contributed by atoms with Gasteiger partial charge in [-0.05, 0) is 49.2 Å². The molecule has 0 bridgehead atoms. The molecule has 2 nitrogen and oxygen atoms in total. The van der Waals surface area contributed by atoms with E-state index in [2.05, 4.69) is 30.4 Å². The van der Waals surface area contributed by atoms with E-state index >= 15 is 0 Å². The number of halogens is 1. The zero-order valence-electron chi connectivity index (χ0n) is 12.9. The standard InChI is InChI=1S/C18H22FNO/c1-4-9-20-12-14-6-5-13(2)10-16(14)17-11-15(19)7-8-18(17)21-3/h5-8,10-11,20H,4,9,12H2,1-3H3. The minimum absolute atomic E-state index is 0.250. The Morgan fingerprint density at radius 2 is 1.90 bits per heavy atom. The molecule has 2 aromatic carbocycles. The second-order valence-electron chi connectivity index (χ2n) is 5.18. The topological polar surface area (TPSA) is 21.3 Å². The first-order chi connectivity index (χ1) is 10.2. The second-order valence-corrected chi connectivity index (χ2v) is 5.18. The van der Waals surface area contributed by atoms with Crippen molar-refractivity contribution in [3.05, 3.63) is 53.3 Å². The molecule has 3 heteroatoms. The molecule has 0 fully saturated rings. The molecular formula is C18H22FNO. The summed E-state index contributed by atoms with van der Waals surface area (Å²) < 4.78 is 19.0. The average Bonchev–Trinajstić information content (AvgIpc) is 2.49. The molecule has 0 saturated heterocycles. The van der Waals surface area contributed by atoms with Crippen LogP contribution in [0.1, 0.15) is 24.5 Å². The van der Waals surface area contributed by atoms with Crippen molar-refractivity contribution in [3.63, 3.8) is 0 Å². The number of hydrogen-bond donors (Lipinski definition) is 1. The van der Waals surface area contributed by atoms with Gasteiger partial charge in [-0.1, -0.05) is 30.7 Å². The van der Waals surface area contributed by atoms with Crippen molar-refractivity contribution >= 4 is 0 Å². The Bertz CT molecular complexity index is 610. The van der Waals surface area contributed by atoms with E-state index in [0.29, 0.717) is 5.75 Å². The van der Waals surface area contributed by atoms with Gasteiger partial charge in [-0.3, -0.25) is 0 Å². The minimum atomic E-state index is -0.250. The van der Waals surface area contributed by atoms with E-state index in [1.807, 2.05) is 6.92 Å². The lowest BCUT2D eigenvalue weighted by Gasteiger charge is -2.15. The van der Waals surface area contributed by atoms with Gasteiger partial charge in [-0.2, -0.15) is 0 Å². The molecule has 0 heterocycles. The van der Waals surface area contributed by atoms with E-state index in [1.165, 1.54) is 12.1 Å². The summed E-state index contributed by atoms with van der Waals surface area (Å²) in [7, 11) is 1.61. The molecular weight excluding hydrogens is 265 g/mol. The number of methoxy groups -OCH3 is 1. The molecule has 0 amide bonds. The SMILES string of the molecule is CCCNCc1ccc(C)cc1-c1cc(F)ccc1OC. The Balaban J connectivity index is 2.46. The highest BCUT2D eigenvalue weighted by Gasteiger charge is 2.12. The fourth-order valence-corrected chi connectivity index (χ4v) is 2.39. The molecule has 0 radical (unpaired) electrons. The Labute approximate surface area is 126 Å². The van der Waals surface area contributed by atoms with Crippen LogP contribution in [-0.2, 0) is 6.54 Å². The van der Waals surface area contributed by atoms with Gasteiger partial charge in [-0.15, -0.1) is 0 Å². The summed E-state index contributed by atoms with van der Waals surface area (Å²) in [6, 6.07) is 10.9. The lowest BCUT2D eigenvalue weighted by atomic mass is 9.96. The number of nitrogens with one attached hydrogen (secondary N) is 1. The van der Waals surface area contributed by atoms with Crippen LogP contribution in [0.25, 0.3) is 11.1 Å². The van der Waals surface area contributed by atoms with Crippen molar-refractivity contribution in [2.24, 2.45) is 0 Å². The quantitative estimate of drug-likeness (QED) is 0.799. The van der Waals surface area contributed by atoms with Gasteiger partial charge < -0.3 is 10.1 Å². The Morgan fingerprint density at radius 3 is 2.62 bits per heavy atom. The molecule has 0 aliphatic carbocycles. The van der Waals surface area contributed by atoms with Crippen LogP contribution in [0.5, 0.6) is 5.75 Å². The molecule has 0 aliphatic heterocycles. The zero-order chi connectivity index (χ0) is 15.2. The van der Waals surface area contributed by atoms with Crippen LogP contribution in [0.2, 0.25) is 0 Å². The molecule has 0 spiro atoms. The van der Waals surface area contributed by atoms with E-state index < -0.39 is 0 Å². The fourth-order valence-electron chi connectivity index (χ4n) is 2.39. The van der Waals surface area contributed by atoms with E-state index in [9.17, 15) is 4.39 Å². The van der Waals surface area contributed by atoms with Crippen molar-refractivity contribution < 1.29 is 9.13 Å². The van der Waals surface area contributed by atoms with Gasteiger partial charge in [0.2, 0.25) is 0 Å². The number of ether oxygens (including phenoxy) is 1. The van der Waals surface area contributed by atoms with Crippen molar-refractivity contribution in [1.29, 1.82) is 0 Å². The van der Waals surface area contributed by atoms with Crippen LogP contribution in [0.4, 0.5) is 4.39 Å². The Hall–Kier alpha value is -1.87. The van der Waals surface area contributed by atoms with E-state index in [0.717, 1.165) is 41.8 Å². The Morgan fingerprint density at radius 1 is 1.10 bits per heavy atom. The number of aryl methyl sites for hydroxylation is 1. The van der Waals surface area contributed by atoms with Crippen molar-refractivity contribution in [3.8, 4) is 16.9 Å². The summed E-state index contributed by atoms with van der Waals surface area (Å²) in [5.74, 6) is 0.443. The third kappa shape index (κ3) is 3.82. The van der Waals surface area contributed by atoms with Crippen LogP contribution in [0.3, 0.4) is 0 Å². The third-order valence-electron chi connectivity index (χ3n) is 3.46. The first kappa shape index (κ1) is 15.5. The summed E-state index contributed by atoms with van der Waals surface area (Å²) >= 11 is 0. The largest absolute Gasteiger partial charge is 0.496 e. The first-order valence-electron chi connectivity index (χ1n) is 7.30. The highest BCUT2D eigenvalue weighted by molar-refractivity contribution is 5.74. The molecule has 112 valence electrons. The summed E-state index contributed by atoms with van der Waals surface area (Å²) in [5.41, 5.74) is 4.12. The lowest BCUT2D eigenvalue weighted by Crippen LogP contribution is -2.14. The maximum Gasteiger partial charge on any atom is 0.126 e. The van der Waals surface area contributed by atoms with E-state index in [-0.39, 0.29) is 5.82 Å². The number of benzene rings is 2. The molecule has 2 rings (SSSR count). The fraction of sp³-hybridized carbons (Fsp3) is 0.333. The van der Waals surface area contributed by atoms with Crippen molar-refractivity contribution in [1.82, 2.24) is 5.32 Å². The molecule has 1 N–H and O–H groups in total. The van der Waals surface area contributed by atoms with Gasteiger partial charge in [0.15, 0.2) is 0 Å². The molecule has 2 aromatic rings. The zero-order valence-corrected chi connectivity index (χ0v) is 12.9. The Kier molecular flexibility index (Phi) is 5.34. The molecule has 0 aromatic heterocycles. The summed E-state index contributed by atoms with van der Waals surface area (Å²) in [5, 5.41) is 3.40. The summed E-state index contributed by atoms with van der Waals surface area (Å²) in [4.78, 5) is 0.